The standard InChI is InChI=1S/C20H18Cl2N4O2/c21-13-2-3-15(16(22)10-13)20(28)26-7-5-14(6-8-26)25-19(27)12-1-4-17-18(9-12)24-11-23-17/h1-4,9-11,14H,5-8H2,(H,23,24)(H,25,27). The summed E-state index contributed by atoms with van der Waals surface area (Å²) in [7, 11) is 0. The molecule has 2 aromatic carbocycles. The van der Waals surface area contributed by atoms with Crippen LogP contribution in [0.4, 0.5) is 0 Å². The summed E-state index contributed by atoms with van der Waals surface area (Å²) in [5.41, 5.74) is 2.68. The van der Waals surface area contributed by atoms with E-state index in [1.807, 2.05) is 6.07 Å². The number of amides is 2. The summed E-state index contributed by atoms with van der Waals surface area (Å²) >= 11 is 12.0. The molecule has 28 heavy (non-hydrogen) atoms. The van der Waals surface area contributed by atoms with Crippen LogP contribution in [0.25, 0.3) is 11.0 Å². The fourth-order valence-corrected chi connectivity index (χ4v) is 3.90. The van der Waals surface area contributed by atoms with E-state index in [0.717, 1.165) is 11.0 Å². The minimum absolute atomic E-state index is 0.0229. The molecule has 0 radical (unpaired) electrons. The third kappa shape index (κ3) is 3.84. The second kappa shape index (κ2) is 7.81. The Kier molecular flexibility index (Phi) is 5.24. The van der Waals surface area contributed by atoms with Gasteiger partial charge >= 0.3 is 0 Å². The lowest BCUT2D eigenvalue weighted by Crippen LogP contribution is -2.46. The molecule has 6 nitrogen and oxygen atoms in total. The Balaban J connectivity index is 1.36. The number of imidazole rings is 1. The number of nitrogens with zero attached hydrogens (tertiary/aromatic N) is 2. The maximum absolute atomic E-state index is 12.7. The second-order valence-corrected chi connectivity index (χ2v) is 7.64. The molecule has 1 fully saturated rings. The molecule has 3 aromatic rings. The number of rotatable bonds is 3. The zero-order valence-electron chi connectivity index (χ0n) is 14.9. The van der Waals surface area contributed by atoms with Crippen LogP contribution < -0.4 is 5.32 Å². The van der Waals surface area contributed by atoms with Crippen LogP contribution in [0.5, 0.6) is 0 Å². The van der Waals surface area contributed by atoms with Crippen molar-refractivity contribution < 1.29 is 9.59 Å². The molecule has 1 saturated heterocycles. The highest BCUT2D eigenvalue weighted by Crippen LogP contribution is 2.24. The van der Waals surface area contributed by atoms with E-state index < -0.39 is 0 Å². The average molecular weight is 417 g/mol. The van der Waals surface area contributed by atoms with Crippen LogP contribution in [0.3, 0.4) is 0 Å². The number of hydrogen-bond acceptors (Lipinski definition) is 3. The Morgan fingerprint density at radius 3 is 2.64 bits per heavy atom. The van der Waals surface area contributed by atoms with Crippen molar-refractivity contribution in [3.63, 3.8) is 0 Å². The van der Waals surface area contributed by atoms with Crippen molar-refractivity contribution in [2.45, 2.75) is 18.9 Å². The van der Waals surface area contributed by atoms with Crippen LogP contribution >= 0.6 is 23.2 Å². The van der Waals surface area contributed by atoms with E-state index in [0.29, 0.717) is 47.1 Å². The van der Waals surface area contributed by atoms with Gasteiger partial charge in [0.25, 0.3) is 11.8 Å². The summed E-state index contributed by atoms with van der Waals surface area (Å²) in [4.78, 5) is 34.1. The van der Waals surface area contributed by atoms with Gasteiger partial charge in [-0.2, -0.15) is 0 Å². The van der Waals surface area contributed by atoms with E-state index in [9.17, 15) is 9.59 Å². The summed E-state index contributed by atoms with van der Waals surface area (Å²) < 4.78 is 0. The molecule has 2 heterocycles. The van der Waals surface area contributed by atoms with E-state index in [4.69, 9.17) is 23.2 Å². The van der Waals surface area contributed by atoms with E-state index in [2.05, 4.69) is 15.3 Å². The number of carbonyl (C=O) groups excluding carboxylic acids is 2. The van der Waals surface area contributed by atoms with Gasteiger partial charge in [-0.3, -0.25) is 9.59 Å². The van der Waals surface area contributed by atoms with Gasteiger partial charge in [0.1, 0.15) is 0 Å². The molecule has 1 aromatic heterocycles. The predicted molar refractivity (Wildman–Crippen MR) is 109 cm³/mol. The second-order valence-electron chi connectivity index (χ2n) is 6.80. The fraction of sp³-hybridized carbons (Fsp3) is 0.250. The number of aromatic amines is 1. The van der Waals surface area contributed by atoms with Gasteiger partial charge in [-0.15, -0.1) is 0 Å². The van der Waals surface area contributed by atoms with E-state index in [1.54, 1.807) is 41.6 Å². The van der Waals surface area contributed by atoms with E-state index >= 15 is 0 Å². The Bertz CT molecular complexity index is 1040. The summed E-state index contributed by atoms with van der Waals surface area (Å²) in [5.74, 6) is -0.238. The fourth-order valence-electron chi connectivity index (χ4n) is 3.41. The SMILES string of the molecule is O=C(NC1CCN(C(=O)c2ccc(Cl)cc2Cl)CC1)c1ccc2nc[nH]c2c1. The number of carbonyl (C=O) groups is 2. The highest BCUT2D eigenvalue weighted by molar-refractivity contribution is 6.36. The Morgan fingerprint density at radius 1 is 1.11 bits per heavy atom. The Morgan fingerprint density at radius 2 is 1.89 bits per heavy atom. The first-order valence-electron chi connectivity index (χ1n) is 8.99. The van der Waals surface area contributed by atoms with Gasteiger partial charge in [-0.25, -0.2) is 4.98 Å². The predicted octanol–water partition coefficient (Wildman–Crippen LogP) is 3.90. The highest BCUT2D eigenvalue weighted by Gasteiger charge is 2.26. The molecule has 8 heteroatoms. The molecule has 0 unspecified atom stereocenters. The Hall–Kier alpha value is -2.57. The van der Waals surface area contributed by atoms with Gasteiger partial charge in [0, 0.05) is 29.7 Å². The van der Waals surface area contributed by atoms with Gasteiger partial charge < -0.3 is 15.2 Å². The summed E-state index contributed by atoms with van der Waals surface area (Å²) in [6.07, 6.45) is 2.98. The van der Waals surface area contributed by atoms with Gasteiger partial charge in [0.15, 0.2) is 0 Å². The molecule has 2 amide bonds. The normalized spacial score (nSPS) is 15.0. The summed E-state index contributed by atoms with van der Waals surface area (Å²) in [6, 6.07) is 10.3. The molecular weight excluding hydrogens is 399 g/mol. The van der Waals surface area contributed by atoms with Crippen molar-refractivity contribution in [1.82, 2.24) is 20.2 Å². The lowest BCUT2D eigenvalue weighted by Gasteiger charge is -2.32. The minimum Gasteiger partial charge on any atom is -0.349 e. The molecule has 2 N–H and O–H groups in total. The number of halogens is 2. The largest absolute Gasteiger partial charge is 0.349 e. The smallest absolute Gasteiger partial charge is 0.255 e. The number of likely N-dealkylation sites (tertiary alicyclic amines) is 1. The number of fused-ring (bicyclic) bond motifs is 1. The molecule has 0 atom stereocenters. The summed E-state index contributed by atoms with van der Waals surface area (Å²) in [6.45, 7) is 1.12. The summed E-state index contributed by atoms with van der Waals surface area (Å²) in [5, 5.41) is 3.90. The zero-order valence-corrected chi connectivity index (χ0v) is 16.4. The van der Waals surface area contributed by atoms with Crippen LogP contribution in [0.2, 0.25) is 10.0 Å². The highest BCUT2D eigenvalue weighted by atomic mass is 35.5. The number of piperidine rings is 1. The molecule has 4 rings (SSSR count). The third-order valence-corrected chi connectivity index (χ3v) is 5.51. The number of hydrogen-bond donors (Lipinski definition) is 2. The molecule has 0 spiro atoms. The topological polar surface area (TPSA) is 78.1 Å². The van der Waals surface area contributed by atoms with Crippen molar-refractivity contribution in [3.8, 4) is 0 Å². The number of aromatic nitrogens is 2. The van der Waals surface area contributed by atoms with Gasteiger partial charge in [0.2, 0.25) is 0 Å². The number of benzene rings is 2. The number of nitrogens with one attached hydrogen (secondary N) is 2. The lowest BCUT2D eigenvalue weighted by molar-refractivity contribution is 0.0698. The van der Waals surface area contributed by atoms with Crippen LogP contribution in [0, 0.1) is 0 Å². The van der Waals surface area contributed by atoms with Crippen LogP contribution in [0.15, 0.2) is 42.7 Å². The quantitative estimate of drug-likeness (QED) is 0.679. The molecular formula is C20H18Cl2N4O2. The minimum atomic E-state index is -0.123. The molecule has 1 aliphatic heterocycles. The molecule has 0 bridgehead atoms. The maximum Gasteiger partial charge on any atom is 0.255 e. The van der Waals surface area contributed by atoms with Crippen LogP contribution in [-0.4, -0.2) is 45.8 Å². The van der Waals surface area contributed by atoms with E-state index in [-0.39, 0.29) is 17.9 Å². The van der Waals surface area contributed by atoms with Crippen LogP contribution in [0.1, 0.15) is 33.6 Å². The Labute approximate surface area is 171 Å². The van der Waals surface area contributed by atoms with Gasteiger partial charge in [-0.05, 0) is 49.2 Å². The van der Waals surface area contributed by atoms with Crippen molar-refractivity contribution in [1.29, 1.82) is 0 Å². The molecule has 0 aliphatic carbocycles. The zero-order chi connectivity index (χ0) is 19.7. The van der Waals surface area contributed by atoms with Gasteiger partial charge in [-0.1, -0.05) is 23.2 Å². The first kappa shape index (κ1) is 18.8. The third-order valence-electron chi connectivity index (χ3n) is 4.96. The van der Waals surface area contributed by atoms with Crippen LogP contribution in [-0.2, 0) is 0 Å². The maximum atomic E-state index is 12.7. The number of H-pyrrole nitrogens is 1. The van der Waals surface area contributed by atoms with Crippen molar-refractivity contribution >= 4 is 46.0 Å². The van der Waals surface area contributed by atoms with Crippen molar-refractivity contribution in [2.24, 2.45) is 0 Å². The van der Waals surface area contributed by atoms with Crippen molar-refractivity contribution in [3.05, 3.63) is 63.9 Å². The molecule has 1 aliphatic rings. The molecule has 144 valence electrons. The first-order chi connectivity index (χ1) is 13.5. The van der Waals surface area contributed by atoms with Crippen molar-refractivity contribution in [2.75, 3.05) is 13.1 Å². The monoisotopic (exact) mass is 416 g/mol. The van der Waals surface area contributed by atoms with Gasteiger partial charge in [0.05, 0.1) is 27.9 Å². The average Bonchev–Trinajstić information content (AvgIpc) is 3.16. The first-order valence-corrected chi connectivity index (χ1v) is 9.75. The lowest BCUT2D eigenvalue weighted by atomic mass is 10.0. The van der Waals surface area contributed by atoms with E-state index in [1.165, 1.54) is 0 Å². The molecule has 0 saturated carbocycles.